The first-order chi connectivity index (χ1) is 10.1. The molecule has 1 aliphatic carbocycles. The fourth-order valence-corrected chi connectivity index (χ4v) is 3.39. The van der Waals surface area contributed by atoms with Gasteiger partial charge in [0.15, 0.2) is 0 Å². The smallest absolute Gasteiger partial charge is 0.123 e. The Labute approximate surface area is 129 Å². The summed E-state index contributed by atoms with van der Waals surface area (Å²) in [5, 5.41) is 3.67. The molecular weight excluding hydrogens is 262 g/mol. The molecule has 1 aromatic carbocycles. The van der Waals surface area contributed by atoms with Crippen LogP contribution in [0.25, 0.3) is 0 Å². The average molecular weight is 291 g/mol. The van der Waals surface area contributed by atoms with Crippen LogP contribution >= 0.6 is 0 Å². The van der Waals surface area contributed by atoms with Crippen LogP contribution in [0.15, 0.2) is 24.3 Å². The Kier molecular flexibility index (Phi) is 5.92. The van der Waals surface area contributed by atoms with Gasteiger partial charge in [-0.2, -0.15) is 0 Å². The van der Waals surface area contributed by atoms with Crippen LogP contribution in [0.4, 0.5) is 0 Å². The summed E-state index contributed by atoms with van der Waals surface area (Å²) in [5.74, 6) is 3.08. The molecule has 0 aliphatic heterocycles. The Bertz CT molecular complexity index is 435. The average Bonchev–Trinajstić information content (AvgIpc) is 2.48. The SMILES string of the molecule is CCCNC1CC(C)CC(C)C1Oc1cccc(OC)c1. The third-order valence-corrected chi connectivity index (χ3v) is 4.36. The Morgan fingerprint density at radius 2 is 1.95 bits per heavy atom. The van der Waals surface area contributed by atoms with Crippen LogP contribution in [0.3, 0.4) is 0 Å². The van der Waals surface area contributed by atoms with E-state index in [0.29, 0.717) is 12.0 Å². The third-order valence-electron chi connectivity index (χ3n) is 4.36. The van der Waals surface area contributed by atoms with Gasteiger partial charge in [0.05, 0.1) is 7.11 Å². The summed E-state index contributed by atoms with van der Waals surface area (Å²) >= 11 is 0. The van der Waals surface area contributed by atoms with Crippen molar-refractivity contribution in [3.05, 3.63) is 24.3 Å². The van der Waals surface area contributed by atoms with Gasteiger partial charge in [-0.05, 0) is 49.8 Å². The van der Waals surface area contributed by atoms with Crippen molar-refractivity contribution in [1.82, 2.24) is 5.32 Å². The van der Waals surface area contributed by atoms with Gasteiger partial charge in [-0.1, -0.05) is 26.8 Å². The Hall–Kier alpha value is -1.22. The topological polar surface area (TPSA) is 30.5 Å². The number of methoxy groups -OCH3 is 1. The van der Waals surface area contributed by atoms with E-state index in [1.165, 1.54) is 12.8 Å². The monoisotopic (exact) mass is 291 g/mol. The first-order valence-electron chi connectivity index (χ1n) is 8.18. The van der Waals surface area contributed by atoms with Gasteiger partial charge in [-0.3, -0.25) is 0 Å². The number of benzene rings is 1. The minimum absolute atomic E-state index is 0.236. The predicted molar refractivity (Wildman–Crippen MR) is 87.1 cm³/mol. The molecular formula is C18H29NO2. The molecule has 0 saturated heterocycles. The molecule has 1 aliphatic rings. The number of nitrogens with one attached hydrogen (secondary N) is 1. The molecule has 1 fully saturated rings. The Morgan fingerprint density at radius 3 is 2.67 bits per heavy atom. The quantitative estimate of drug-likeness (QED) is 0.863. The van der Waals surface area contributed by atoms with E-state index in [4.69, 9.17) is 9.47 Å². The van der Waals surface area contributed by atoms with Gasteiger partial charge in [0.2, 0.25) is 0 Å². The zero-order chi connectivity index (χ0) is 15.2. The number of hydrogen-bond donors (Lipinski definition) is 1. The molecule has 4 atom stereocenters. The van der Waals surface area contributed by atoms with E-state index in [2.05, 4.69) is 26.1 Å². The second kappa shape index (κ2) is 7.69. The summed E-state index contributed by atoms with van der Waals surface area (Å²) in [6, 6.07) is 8.37. The maximum atomic E-state index is 6.33. The molecule has 1 N–H and O–H groups in total. The third kappa shape index (κ3) is 4.37. The van der Waals surface area contributed by atoms with Crippen LogP contribution < -0.4 is 14.8 Å². The molecule has 3 nitrogen and oxygen atoms in total. The zero-order valence-corrected chi connectivity index (χ0v) is 13.8. The molecule has 4 unspecified atom stereocenters. The van der Waals surface area contributed by atoms with Crippen LogP contribution in [0, 0.1) is 11.8 Å². The number of hydrogen-bond acceptors (Lipinski definition) is 3. The first-order valence-corrected chi connectivity index (χ1v) is 8.18. The van der Waals surface area contributed by atoms with Crippen LogP contribution in [-0.2, 0) is 0 Å². The van der Waals surface area contributed by atoms with E-state index in [0.717, 1.165) is 30.4 Å². The molecule has 0 aromatic heterocycles. The van der Waals surface area contributed by atoms with Crippen LogP contribution in [-0.4, -0.2) is 25.8 Å². The van der Waals surface area contributed by atoms with Crippen LogP contribution in [0.1, 0.15) is 40.0 Å². The minimum Gasteiger partial charge on any atom is -0.497 e. The molecule has 118 valence electrons. The van der Waals surface area contributed by atoms with Crippen molar-refractivity contribution in [2.75, 3.05) is 13.7 Å². The van der Waals surface area contributed by atoms with E-state index < -0.39 is 0 Å². The van der Waals surface area contributed by atoms with Crippen LogP contribution in [0.5, 0.6) is 11.5 Å². The highest BCUT2D eigenvalue weighted by atomic mass is 16.5. The lowest BCUT2D eigenvalue weighted by atomic mass is 9.78. The van der Waals surface area contributed by atoms with Gasteiger partial charge in [-0.15, -0.1) is 0 Å². The van der Waals surface area contributed by atoms with E-state index in [-0.39, 0.29) is 6.10 Å². The van der Waals surface area contributed by atoms with Crippen molar-refractivity contribution in [3.8, 4) is 11.5 Å². The maximum absolute atomic E-state index is 6.33. The fraction of sp³-hybridized carbons (Fsp3) is 0.667. The molecule has 0 spiro atoms. The molecule has 2 rings (SSSR count). The Morgan fingerprint density at radius 1 is 1.19 bits per heavy atom. The largest absolute Gasteiger partial charge is 0.497 e. The van der Waals surface area contributed by atoms with Gasteiger partial charge in [0, 0.05) is 12.1 Å². The summed E-state index contributed by atoms with van der Waals surface area (Å²) in [6.45, 7) is 7.92. The second-order valence-corrected chi connectivity index (χ2v) is 6.38. The highest BCUT2D eigenvalue weighted by Crippen LogP contribution is 2.33. The van der Waals surface area contributed by atoms with E-state index in [1.807, 2.05) is 24.3 Å². The maximum Gasteiger partial charge on any atom is 0.123 e. The second-order valence-electron chi connectivity index (χ2n) is 6.38. The lowest BCUT2D eigenvalue weighted by Crippen LogP contribution is -2.51. The summed E-state index contributed by atoms with van der Waals surface area (Å²) in [5.41, 5.74) is 0. The molecule has 0 heterocycles. The van der Waals surface area contributed by atoms with Crippen molar-refractivity contribution in [2.45, 2.75) is 52.2 Å². The number of rotatable bonds is 6. The Balaban J connectivity index is 2.08. The minimum atomic E-state index is 0.236. The molecule has 0 bridgehead atoms. The standard InChI is InChI=1S/C18H29NO2/c1-5-9-19-17-11-13(2)10-14(3)18(17)21-16-8-6-7-15(12-16)20-4/h6-8,12-14,17-19H,5,9-11H2,1-4H3. The van der Waals surface area contributed by atoms with E-state index in [1.54, 1.807) is 7.11 Å². The predicted octanol–water partition coefficient (Wildman–Crippen LogP) is 3.88. The first kappa shape index (κ1) is 16.2. The molecule has 21 heavy (non-hydrogen) atoms. The van der Waals surface area contributed by atoms with Gasteiger partial charge in [0.25, 0.3) is 0 Å². The molecule has 1 aromatic rings. The van der Waals surface area contributed by atoms with E-state index >= 15 is 0 Å². The van der Waals surface area contributed by atoms with Crippen molar-refractivity contribution in [2.24, 2.45) is 11.8 Å². The fourth-order valence-electron chi connectivity index (χ4n) is 3.39. The molecule has 1 saturated carbocycles. The van der Waals surface area contributed by atoms with Crippen molar-refractivity contribution in [3.63, 3.8) is 0 Å². The molecule has 0 amide bonds. The summed E-state index contributed by atoms with van der Waals surface area (Å²) in [7, 11) is 1.69. The van der Waals surface area contributed by atoms with Gasteiger partial charge >= 0.3 is 0 Å². The van der Waals surface area contributed by atoms with Crippen molar-refractivity contribution in [1.29, 1.82) is 0 Å². The summed E-state index contributed by atoms with van der Waals surface area (Å²) in [6.07, 6.45) is 3.82. The summed E-state index contributed by atoms with van der Waals surface area (Å²) < 4.78 is 11.6. The number of ether oxygens (including phenoxy) is 2. The lowest BCUT2D eigenvalue weighted by molar-refractivity contribution is 0.0476. The van der Waals surface area contributed by atoms with E-state index in [9.17, 15) is 0 Å². The van der Waals surface area contributed by atoms with Gasteiger partial charge < -0.3 is 14.8 Å². The van der Waals surface area contributed by atoms with Crippen LogP contribution in [0.2, 0.25) is 0 Å². The highest BCUT2D eigenvalue weighted by Gasteiger charge is 2.35. The molecule has 0 radical (unpaired) electrons. The molecule has 3 heteroatoms. The van der Waals surface area contributed by atoms with Crippen molar-refractivity contribution < 1.29 is 9.47 Å². The van der Waals surface area contributed by atoms with Gasteiger partial charge in [0.1, 0.15) is 17.6 Å². The zero-order valence-electron chi connectivity index (χ0n) is 13.8. The van der Waals surface area contributed by atoms with Crippen molar-refractivity contribution >= 4 is 0 Å². The normalized spacial score (nSPS) is 29.1. The lowest BCUT2D eigenvalue weighted by Gasteiger charge is -2.40. The van der Waals surface area contributed by atoms with Gasteiger partial charge in [-0.25, -0.2) is 0 Å². The summed E-state index contributed by atoms with van der Waals surface area (Å²) in [4.78, 5) is 0. The highest BCUT2D eigenvalue weighted by molar-refractivity contribution is 5.33.